The number of fused-ring (bicyclic) bond motifs is 1. The summed E-state index contributed by atoms with van der Waals surface area (Å²) >= 11 is 0. The molecule has 2 rings (SSSR count). The van der Waals surface area contributed by atoms with Gasteiger partial charge in [0.1, 0.15) is 5.82 Å². The van der Waals surface area contributed by atoms with Gasteiger partial charge in [-0.2, -0.15) is 5.10 Å². The van der Waals surface area contributed by atoms with Gasteiger partial charge in [0.15, 0.2) is 5.65 Å². The third-order valence-corrected chi connectivity index (χ3v) is 2.80. The first-order valence-corrected chi connectivity index (χ1v) is 6.44. The standard InChI is InChI=1S/C13H20N6/c1-10(2)9-18(7-4-11(14)15)12-5-8-19-13(17-12)3-6-16-19/h3,5-6,8,10H,4,7,9H2,1-2H3,(H3,14,15). The van der Waals surface area contributed by atoms with E-state index in [2.05, 4.69) is 28.8 Å². The Hall–Kier alpha value is -2.11. The third-order valence-electron chi connectivity index (χ3n) is 2.80. The van der Waals surface area contributed by atoms with Crippen molar-refractivity contribution in [2.45, 2.75) is 20.3 Å². The van der Waals surface area contributed by atoms with Crippen LogP contribution in [0.2, 0.25) is 0 Å². The lowest BCUT2D eigenvalue weighted by molar-refractivity contribution is 0.608. The van der Waals surface area contributed by atoms with Gasteiger partial charge in [0.05, 0.1) is 12.0 Å². The van der Waals surface area contributed by atoms with Crippen LogP contribution >= 0.6 is 0 Å². The lowest BCUT2D eigenvalue weighted by Gasteiger charge is -2.25. The van der Waals surface area contributed by atoms with Crippen LogP contribution in [0, 0.1) is 11.3 Å². The Balaban J connectivity index is 2.21. The zero-order valence-corrected chi connectivity index (χ0v) is 11.4. The van der Waals surface area contributed by atoms with Crippen molar-refractivity contribution < 1.29 is 0 Å². The van der Waals surface area contributed by atoms with E-state index in [1.807, 2.05) is 18.3 Å². The summed E-state index contributed by atoms with van der Waals surface area (Å²) in [6, 6.07) is 3.82. The molecule has 0 spiro atoms. The average Bonchev–Trinajstić information content (AvgIpc) is 2.80. The number of nitrogens with one attached hydrogen (secondary N) is 1. The fourth-order valence-electron chi connectivity index (χ4n) is 1.97. The highest BCUT2D eigenvalue weighted by molar-refractivity contribution is 5.77. The van der Waals surface area contributed by atoms with E-state index in [0.717, 1.165) is 18.0 Å². The van der Waals surface area contributed by atoms with E-state index in [-0.39, 0.29) is 5.84 Å². The van der Waals surface area contributed by atoms with Crippen molar-refractivity contribution in [3.63, 3.8) is 0 Å². The van der Waals surface area contributed by atoms with Crippen LogP contribution in [-0.4, -0.2) is 33.5 Å². The van der Waals surface area contributed by atoms with Crippen LogP contribution in [-0.2, 0) is 0 Å². The molecule has 0 aliphatic rings. The molecule has 0 atom stereocenters. The molecule has 0 aliphatic heterocycles. The SMILES string of the molecule is CC(C)CN(CCC(=N)N)c1ccn2nccc2n1. The Kier molecular flexibility index (Phi) is 3.99. The Bertz CT molecular complexity index is 559. The molecule has 0 aliphatic carbocycles. The lowest BCUT2D eigenvalue weighted by atomic mass is 10.2. The number of aromatic nitrogens is 3. The molecule has 0 radical (unpaired) electrons. The molecule has 102 valence electrons. The van der Waals surface area contributed by atoms with E-state index >= 15 is 0 Å². The summed E-state index contributed by atoms with van der Waals surface area (Å²) in [6.45, 7) is 5.94. The molecule has 0 aromatic carbocycles. The molecule has 6 nitrogen and oxygen atoms in total. The highest BCUT2D eigenvalue weighted by Gasteiger charge is 2.11. The molecule has 0 saturated heterocycles. The molecular weight excluding hydrogens is 240 g/mol. The average molecular weight is 260 g/mol. The second kappa shape index (κ2) is 5.69. The van der Waals surface area contributed by atoms with Crippen LogP contribution < -0.4 is 10.6 Å². The van der Waals surface area contributed by atoms with Gasteiger partial charge in [0.25, 0.3) is 0 Å². The molecule has 0 fully saturated rings. The maximum absolute atomic E-state index is 7.36. The molecule has 19 heavy (non-hydrogen) atoms. The first-order valence-electron chi connectivity index (χ1n) is 6.44. The largest absolute Gasteiger partial charge is 0.388 e. The fraction of sp³-hybridized carbons (Fsp3) is 0.462. The van der Waals surface area contributed by atoms with Crippen LogP contribution in [0.25, 0.3) is 5.65 Å². The van der Waals surface area contributed by atoms with Gasteiger partial charge in [-0.15, -0.1) is 0 Å². The second-order valence-electron chi connectivity index (χ2n) is 5.03. The maximum Gasteiger partial charge on any atom is 0.157 e. The normalized spacial score (nSPS) is 11.1. The second-order valence-corrected chi connectivity index (χ2v) is 5.03. The topological polar surface area (TPSA) is 83.3 Å². The Morgan fingerprint density at radius 3 is 2.95 bits per heavy atom. The van der Waals surface area contributed by atoms with Crippen molar-refractivity contribution in [2.75, 3.05) is 18.0 Å². The van der Waals surface area contributed by atoms with Gasteiger partial charge in [0, 0.05) is 31.8 Å². The number of hydrogen-bond donors (Lipinski definition) is 2. The minimum atomic E-state index is 0.208. The number of nitrogens with zero attached hydrogens (tertiary/aromatic N) is 4. The van der Waals surface area contributed by atoms with E-state index < -0.39 is 0 Å². The Labute approximate surface area is 112 Å². The number of hydrogen-bond acceptors (Lipinski definition) is 4. The molecule has 0 unspecified atom stereocenters. The Morgan fingerprint density at radius 1 is 1.47 bits per heavy atom. The summed E-state index contributed by atoms with van der Waals surface area (Å²) in [5.41, 5.74) is 6.27. The van der Waals surface area contributed by atoms with E-state index in [4.69, 9.17) is 11.1 Å². The van der Waals surface area contributed by atoms with E-state index in [9.17, 15) is 0 Å². The number of anilines is 1. The molecule has 2 aromatic rings. The number of rotatable bonds is 6. The Morgan fingerprint density at radius 2 is 2.26 bits per heavy atom. The zero-order valence-electron chi connectivity index (χ0n) is 11.4. The summed E-state index contributed by atoms with van der Waals surface area (Å²) in [6.07, 6.45) is 4.19. The van der Waals surface area contributed by atoms with Crippen LogP contribution in [0.3, 0.4) is 0 Å². The summed E-state index contributed by atoms with van der Waals surface area (Å²) in [4.78, 5) is 6.75. The lowest BCUT2D eigenvalue weighted by Crippen LogP contribution is -2.32. The van der Waals surface area contributed by atoms with Gasteiger partial charge in [0.2, 0.25) is 0 Å². The monoisotopic (exact) mass is 260 g/mol. The molecule has 6 heteroatoms. The predicted molar refractivity (Wildman–Crippen MR) is 76.6 cm³/mol. The molecular formula is C13H20N6. The molecule has 2 heterocycles. The maximum atomic E-state index is 7.36. The van der Waals surface area contributed by atoms with Gasteiger partial charge in [-0.1, -0.05) is 13.8 Å². The van der Waals surface area contributed by atoms with Crippen molar-refractivity contribution in [2.24, 2.45) is 11.7 Å². The van der Waals surface area contributed by atoms with Gasteiger partial charge in [-0.05, 0) is 12.0 Å². The molecule has 3 N–H and O–H groups in total. The van der Waals surface area contributed by atoms with Crippen LogP contribution in [0.1, 0.15) is 20.3 Å². The third kappa shape index (κ3) is 3.43. The van der Waals surface area contributed by atoms with Crippen molar-refractivity contribution in [1.29, 1.82) is 5.41 Å². The summed E-state index contributed by atoms with van der Waals surface area (Å²) in [7, 11) is 0. The van der Waals surface area contributed by atoms with Gasteiger partial charge < -0.3 is 10.6 Å². The minimum Gasteiger partial charge on any atom is -0.388 e. The van der Waals surface area contributed by atoms with E-state index in [0.29, 0.717) is 18.9 Å². The zero-order chi connectivity index (χ0) is 13.8. The number of nitrogens with two attached hydrogens (primary N) is 1. The van der Waals surface area contributed by atoms with Crippen molar-refractivity contribution in [3.8, 4) is 0 Å². The van der Waals surface area contributed by atoms with Crippen molar-refractivity contribution >= 4 is 17.3 Å². The molecule has 2 aromatic heterocycles. The molecule has 0 bridgehead atoms. The van der Waals surface area contributed by atoms with E-state index in [1.54, 1.807) is 10.7 Å². The van der Waals surface area contributed by atoms with E-state index in [1.165, 1.54) is 0 Å². The molecule has 0 amide bonds. The minimum absolute atomic E-state index is 0.208. The van der Waals surface area contributed by atoms with Crippen LogP contribution in [0.4, 0.5) is 5.82 Å². The van der Waals surface area contributed by atoms with Crippen LogP contribution in [0.15, 0.2) is 24.5 Å². The summed E-state index contributed by atoms with van der Waals surface area (Å²) in [5.74, 6) is 1.64. The quantitative estimate of drug-likeness (QED) is 0.609. The first-order chi connectivity index (χ1) is 9.06. The van der Waals surface area contributed by atoms with Gasteiger partial charge in [-0.3, -0.25) is 5.41 Å². The van der Waals surface area contributed by atoms with Crippen molar-refractivity contribution in [3.05, 3.63) is 24.5 Å². The fourth-order valence-corrected chi connectivity index (χ4v) is 1.97. The predicted octanol–water partition coefficient (Wildman–Crippen LogP) is 1.52. The molecule has 0 saturated carbocycles. The van der Waals surface area contributed by atoms with Gasteiger partial charge in [-0.25, -0.2) is 9.50 Å². The smallest absolute Gasteiger partial charge is 0.157 e. The summed E-state index contributed by atoms with van der Waals surface area (Å²) < 4.78 is 1.74. The summed E-state index contributed by atoms with van der Waals surface area (Å²) in [5, 5.41) is 11.5. The van der Waals surface area contributed by atoms with Crippen LogP contribution in [0.5, 0.6) is 0 Å². The number of amidine groups is 1. The van der Waals surface area contributed by atoms with Gasteiger partial charge >= 0.3 is 0 Å². The highest BCUT2D eigenvalue weighted by Crippen LogP contribution is 2.14. The first kappa shape index (κ1) is 13.3. The van der Waals surface area contributed by atoms with Crippen molar-refractivity contribution in [1.82, 2.24) is 14.6 Å². The highest BCUT2D eigenvalue weighted by atomic mass is 15.3.